The summed E-state index contributed by atoms with van der Waals surface area (Å²) < 4.78 is 27.6. The molecule has 1 aromatic rings. The average molecular weight is 314 g/mol. The summed E-state index contributed by atoms with van der Waals surface area (Å²) in [6, 6.07) is 3.22. The third-order valence-electron chi connectivity index (χ3n) is 4.27. The van der Waals surface area contributed by atoms with Gasteiger partial charge in [-0.25, -0.2) is 13.1 Å². The Morgan fingerprint density at radius 3 is 2.45 bits per heavy atom. The highest BCUT2D eigenvalue weighted by molar-refractivity contribution is 8.00. The number of anilines is 1. The van der Waals surface area contributed by atoms with Crippen LogP contribution in [0.15, 0.2) is 17.0 Å². The van der Waals surface area contributed by atoms with Gasteiger partial charge in [-0.15, -0.1) is 0 Å². The molecule has 3 N–H and O–H groups in total. The average Bonchev–Trinajstić information content (AvgIpc) is 2.34. The molecular weight excluding hydrogens is 292 g/mol. The predicted molar refractivity (Wildman–Crippen MR) is 85.6 cm³/mol. The van der Waals surface area contributed by atoms with Crippen LogP contribution in [0.3, 0.4) is 0 Å². The second kappa shape index (κ2) is 5.58. The number of hydrogen-bond acceptors (Lipinski definition) is 4. The van der Waals surface area contributed by atoms with E-state index >= 15 is 0 Å². The summed E-state index contributed by atoms with van der Waals surface area (Å²) >= 11 is 1.75. The topological polar surface area (TPSA) is 72.2 Å². The van der Waals surface area contributed by atoms with Crippen LogP contribution in [0.2, 0.25) is 0 Å². The number of rotatable bonds is 5. The third kappa shape index (κ3) is 2.97. The molecule has 6 heteroatoms. The quantitative estimate of drug-likeness (QED) is 0.819. The van der Waals surface area contributed by atoms with Gasteiger partial charge in [0, 0.05) is 17.0 Å². The summed E-state index contributed by atoms with van der Waals surface area (Å²) in [4.78, 5) is 0.258. The molecule has 0 atom stereocenters. The number of nitrogens with one attached hydrogen (secondary N) is 1. The van der Waals surface area contributed by atoms with Crippen molar-refractivity contribution in [2.45, 2.75) is 42.8 Å². The summed E-state index contributed by atoms with van der Waals surface area (Å²) in [5, 5.41) is 0. The van der Waals surface area contributed by atoms with Crippen molar-refractivity contribution in [1.29, 1.82) is 0 Å². The van der Waals surface area contributed by atoms with Crippen molar-refractivity contribution in [3.8, 4) is 0 Å². The van der Waals surface area contributed by atoms with Gasteiger partial charge in [0.1, 0.15) is 0 Å². The minimum atomic E-state index is -3.48. The van der Waals surface area contributed by atoms with Gasteiger partial charge in [-0.2, -0.15) is 11.8 Å². The molecule has 0 saturated heterocycles. The number of aryl methyl sites for hydroxylation is 1. The summed E-state index contributed by atoms with van der Waals surface area (Å²) in [6.45, 7) is 4.26. The summed E-state index contributed by atoms with van der Waals surface area (Å²) in [6.07, 6.45) is 5.37. The number of hydrogen-bond donors (Lipinski definition) is 2. The fraction of sp³-hybridized carbons (Fsp3) is 0.571. The minimum Gasteiger partial charge on any atom is -0.398 e. The highest BCUT2D eigenvalue weighted by Gasteiger charge is 2.37. The second-order valence-electron chi connectivity index (χ2n) is 5.52. The smallest absolute Gasteiger partial charge is 0.240 e. The molecule has 0 unspecified atom stereocenters. The Bertz CT molecular complexity index is 579. The highest BCUT2D eigenvalue weighted by atomic mass is 32.2. The van der Waals surface area contributed by atoms with E-state index in [9.17, 15) is 8.42 Å². The van der Waals surface area contributed by atoms with Crippen LogP contribution in [0.5, 0.6) is 0 Å². The van der Waals surface area contributed by atoms with Gasteiger partial charge in [0.25, 0.3) is 0 Å². The molecular formula is C14H22N2O2S2. The number of sulfonamides is 1. The van der Waals surface area contributed by atoms with Crippen molar-refractivity contribution < 1.29 is 8.42 Å². The summed E-state index contributed by atoms with van der Waals surface area (Å²) in [5.41, 5.74) is 8.22. The van der Waals surface area contributed by atoms with E-state index in [1.807, 2.05) is 20.1 Å². The van der Waals surface area contributed by atoms with Crippen molar-refractivity contribution in [2.75, 3.05) is 18.5 Å². The molecule has 1 fully saturated rings. The van der Waals surface area contributed by atoms with E-state index in [1.54, 1.807) is 17.8 Å². The van der Waals surface area contributed by atoms with Crippen LogP contribution in [-0.2, 0) is 10.0 Å². The zero-order valence-corrected chi connectivity index (χ0v) is 13.8. The fourth-order valence-electron chi connectivity index (χ4n) is 2.34. The van der Waals surface area contributed by atoms with Crippen LogP contribution >= 0.6 is 11.8 Å². The Balaban J connectivity index is 2.18. The van der Waals surface area contributed by atoms with E-state index in [4.69, 9.17) is 5.73 Å². The van der Waals surface area contributed by atoms with Crippen molar-refractivity contribution in [3.63, 3.8) is 0 Å². The molecule has 0 radical (unpaired) electrons. The largest absolute Gasteiger partial charge is 0.398 e. The van der Waals surface area contributed by atoms with Gasteiger partial charge in [0.15, 0.2) is 0 Å². The molecule has 112 valence electrons. The van der Waals surface area contributed by atoms with Crippen LogP contribution in [0.1, 0.15) is 30.4 Å². The lowest BCUT2D eigenvalue weighted by atomic mass is 9.84. The van der Waals surface area contributed by atoms with Gasteiger partial charge in [-0.3, -0.25) is 0 Å². The van der Waals surface area contributed by atoms with E-state index in [0.717, 1.165) is 24.0 Å². The summed E-state index contributed by atoms with van der Waals surface area (Å²) in [7, 11) is -3.48. The number of benzene rings is 1. The molecule has 0 spiro atoms. The first kappa shape index (κ1) is 15.7. The lowest BCUT2D eigenvalue weighted by Gasteiger charge is -2.40. The maximum atomic E-state index is 12.4. The lowest BCUT2D eigenvalue weighted by Crippen LogP contribution is -2.45. The molecule has 1 saturated carbocycles. The molecule has 20 heavy (non-hydrogen) atoms. The first-order valence-electron chi connectivity index (χ1n) is 6.71. The molecule has 1 aliphatic rings. The first-order valence-corrected chi connectivity index (χ1v) is 9.42. The van der Waals surface area contributed by atoms with E-state index in [0.29, 0.717) is 12.2 Å². The van der Waals surface area contributed by atoms with Gasteiger partial charge in [-0.05, 0) is 56.2 Å². The fourth-order valence-corrected chi connectivity index (χ4v) is 4.59. The van der Waals surface area contributed by atoms with Crippen LogP contribution in [0.4, 0.5) is 5.69 Å². The Hall–Kier alpha value is -0.720. The molecule has 0 heterocycles. The maximum absolute atomic E-state index is 12.4. The first-order chi connectivity index (χ1) is 9.30. The van der Waals surface area contributed by atoms with Gasteiger partial charge < -0.3 is 5.73 Å². The zero-order chi connectivity index (χ0) is 15.0. The molecule has 0 aliphatic heterocycles. The Labute approximate surface area is 125 Å². The number of thioether (sulfide) groups is 1. The van der Waals surface area contributed by atoms with Crippen molar-refractivity contribution in [3.05, 3.63) is 23.3 Å². The highest BCUT2D eigenvalue weighted by Crippen LogP contribution is 2.42. The molecule has 0 aromatic heterocycles. The Morgan fingerprint density at radius 1 is 1.35 bits per heavy atom. The van der Waals surface area contributed by atoms with Crippen LogP contribution in [0.25, 0.3) is 0 Å². The maximum Gasteiger partial charge on any atom is 0.240 e. The van der Waals surface area contributed by atoms with E-state index in [1.165, 1.54) is 12.5 Å². The van der Waals surface area contributed by atoms with Crippen LogP contribution in [-0.4, -0.2) is 26.0 Å². The second-order valence-corrected chi connectivity index (χ2v) is 8.56. The van der Waals surface area contributed by atoms with Gasteiger partial charge >= 0.3 is 0 Å². The minimum absolute atomic E-state index is 0.0817. The molecule has 0 amide bonds. The van der Waals surface area contributed by atoms with E-state index < -0.39 is 10.0 Å². The Morgan fingerprint density at radius 2 is 2.00 bits per heavy atom. The predicted octanol–water partition coefficient (Wildman–Crippen LogP) is 2.45. The normalized spacial score (nSPS) is 17.8. The van der Waals surface area contributed by atoms with Crippen LogP contribution < -0.4 is 10.5 Å². The Kier molecular flexibility index (Phi) is 4.37. The molecule has 4 nitrogen and oxygen atoms in total. The van der Waals surface area contributed by atoms with Crippen molar-refractivity contribution in [1.82, 2.24) is 4.72 Å². The number of nitrogen functional groups attached to an aromatic ring is 1. The standard InChI is InChI=1S/C14H22N2O2S2/c1-10-7-12(8-13(15)11(10)2)20(17,18)16-9-14(19-3)5-4-6-14/h7-8,16H,4-6,9,15H2,1-3H3. The monoisotopic (exact) mass is 314 g/mol. The van der Waals surface area contributed by atoms with Gasteiger partial charge in [0.05, 0.1) is 4.90 Å². The van der Waals surface area contributed by atoms with E-state index in [2.05, 4.69) is 4.72 Å². The van der Waals surface area contributed by atoms with Crippen molar-refractivity contribution >= 4 is 27.5 Å². The van der Waals surface area contributed by atoms with Gasteiger partial charge in [-0.1, -0.05) is 6.42 Å². The summed E-state index contributed by atoms with van der Waals surface area (Å²) in [5.74, 6) is 0. The molecule has 1 aliphatic carbocycles. The van der Waals surface area contributed by atoms with E-state index in [-0.39, 0.29) is 9.64 Å². The van der Waals surface area contributed by atoms with Gasteiger partial charge in [0.2, 0.25) is 10.0 Å². The van der Waals surface area contributed by atoms with Crippen LogP contribution in [0, 0.1) is 13.8 Å². The van der Waals surface area contributed by atoms with Crippen molar-refractivity contribution in [2.24, 2.45) is 0 Å². The lowest BCUT2D eigenvalue weighted by molar-refractivity contribution is 0.362. The molecule has 1 aromatic carbocycles. The third-order valence-corrected chi connectivity index (χ3v) is 7.07. The molecule has 0 bridgehead atoms. The zero-order valence-electron chi connectivity index (χ0n) is 12.2. The molecule has 2 rings (SSSR count). The number of nitrogens with two attached hydrogens (primary N) is 1. The SMILES string of the molecule is CSC1(CNS(=O)(=O)c2cc(C)c(C)c(N)c2)CCC1.